The van der Waals surface area contributed by atoms with Crippen molar-refractivity contribution in [3.8, 4) is 11.5 Å². The molecule has 1 aromatic carbocycles. The van der Waals surface area contributed by atoms with E-state index in [1.54, 1.807) is 26.4 Å². The van der Waals surface area contributed by atoms with Gasteiger partial charge in [-0.25, -0.2) is 4.68 Å². The van der Waals surface area contributed by atoms with Crippen molar-refractivity contribution < 1.29 is 19.0 Å². The van der Waals surface area contributed by atoms with Crippen molar-refractivity contribution in [2.75, 3.05) is 27.4 Å². The number of amides is 1. The van der Waals surface area contributed by atoms with Crippen molar-refractivity contribution in [2.45, 2.75) is 13.0 Å². The van der Waals surface area contributed by atoms with Crippen LogP contribution in [0.4, 0.5) is 0 Å². The molecule has 0 aliphatic rings. The lowest BCUT2D eigenvalue weighted by Crippen LogP contribution is -2.30. The molecule has 0 bridgehead atoms. The predicted octanol–water partition coefficient (Wildman–Crippen LogP) is 1.31. The Kier molecular flexibility index (Phi) is 6.74. The number of nitrogens with zero attached hydrogens (tertiary/aromatic N) is 2. The molecule has 0 fully saturated rings. The van der Waals surface area contributed by atoms with Crippen molar-refractivity contribution in [2.24, 2.45) is 7.05 Å². The second-order valence-electron chi connectivity index (χ2n) is 5.63. The summed E-state index contributed by atoms with van der Waals surface area (Å²) < 4.78 is 17.0. The second-order valence-corrected chi connectivity index (χ2v) is 5.63. The average molecular weight is 361 g/mol. The Morgan fingerprint density at radius 1 is 1.19 bits per heavy atom. The van der Waals surface area contributed by atoms with Gasteiger partial charge in [0.25, 0.3) is 11.5 Å². The van der Waals surface area contributed by atoms with E-state index in [2.05, 4.69) is 10.4 Å². The van der Waals surface area contributed by atoms with Crippen LogP contribution in [0.3, 0.4) is 0 Å². The summed E-state index contributed by atoms with van der Waals surface area (Å²) >= 11 is 0. The van der Waals surface area contributed by atoms with Crippen molar-refractivity contribution in [1.29, 1.82) is 0 Å². The Labute approximate surface area is 151 Å². The number of aryl methyl sites for hydroxylation is 1. The summed E-state index contributed by atoms with van der Waals surface area (Å²) in [4.78, 5) is 23.7. The maximum atomic E-state index is 12.3. The van der Waals surface area contributed by atoms with Gasteiger partial charge in [-0.05, 0) is 30.7 Å². The molecule has 26 heavy (non-hydrogen) atoms. The normalized spacial score (nSPS) is 11.7. The first-order chi connectivity index (χ1) is 12.5. The lowest BCUT2D eigenvalue weighted by atomic mass is 10.1. The molecule has 0 saturated carbocycles. The largest absolute Gasteiger partial charge is 0.493 e. The maximum absolute atomic E-state index is 12.3. The molecule has 1 unspecified atom stereocenters. The Bertz CT molecular complexity index is 819. The highest BCUT2D eigenvalue weighted by Gasteiger charge is 2.15. The molecule has 0 aliphatic carbocycles. The Balaban J connectivity index is 2.10. The fraction of sp³-hybridized carbons (Fsp3) is 0.389. The molecule has 1 N–H and O–H groups in total. The number of ether oxygens (including phenoxy) is 3. The highest BCUT2D eigenvalue weighted by molar-refractivity contribution is 5.92. The van der Waals surface area contributed by atoms with Gasteiger partial charge >= 0.3 is 0 Å². The third-order valence-corrected chi connectivity index (χ3v) is 3.77. The second kappa shape index (κ2) is 9.00. The van der Waals surface area contributed by atoms with Gasteiger partial charge in [0, 0.05) is 20.2 Å². The number of benzene rings is 1. The van der Waals surface area contributed by atoms with Gasteiger partial charge in [-0.3, -0.25) is 9.59 Å². The number of aromatic nitrogens is 2. The Morgan fingerprint density at radius 2 is 1.96 bits per heavy atom. The van der Waals surface area contributed by atoms with E-state index in [1.807, 2.05) is 13.0 Å². The number of rotatable bonds is 8. The van der Waals surface area contributed by atoms with Crippen molar-refractivity contribution in [1.82, 2.24) is 15.1 Å². The van der Waals surface area contributed by atoms with E-state index in [9.17, 15) is 9.59 Å². The van der Waals surface area contributed by atoms with Gasteiger partial charge in [0.1, 0.15) is 12.3 Å². The molecule has 1 atom stereocenters. The summed E-state index contributed by atoms with van der Waals surface area (Å²) in [6.45, 7) is 2.74. The first kappa shape index (κ1) is 19.5. The van der Waals surface area contributed by atoms with Crippen LogP contribution in [0.5, 0.6) is 11.5 Å². The topological polar surface area (TPSA) is 91.7 Å². The quantitative estimate of drug-likeness (QED) is 0.713. The van der Waals surface area contributed by atoms with Crippen molar-refractivity contribution >= 4 is 5.91 Å². The predicted molar refractivity (Wildman–Crippen MR) is 95.7 cm³/mol. The number of hydrogen-bond donors (Lipinski definition) is 1. The summed E-state index contributed by atoms with van der Waals surface area (Å²) in [6.07, 6.45) is 0. The van der Waals surface area contributed by atoms with E-state index < -0.39 is 0 Å². The van der Waals surface area contributed by atoms with E-state index in [4.69, 9.17) is 14.2 Å². The molecular weight excluding hydrogens is 338 g/mol. The number of methoxy groups -OCH3 is 2. The van der Waals surface area contributed by atoms with Crippen LogP contribution in [0.1, 0.15) is 29.0 Å². The lowest BCUT2D eigenvalue weighted by Gasteiger charge is -2.17. The highest BCUT2D eigenvalue weighted by Crippen LogP contribution is 2.30. The van der Waals surface area contributed by atoms with Crippen molar-refractivity contribution in [3.05, 3.63) is 51.9 Å². The van der Waals surface area contributed by atoms with Gasteiger partial charge in [-0.2, -0.15) is 5.10 Å². The molecule has 1 amide bonds. The van der Waals surface area contributed by atoms with E-state index in [1.165, 1.54) is 19.2 Å². The average Bonchev–Trinajstić information content (AvgIpc) is 2.64. The van der Waals surface area contributed by atoms with Gasteiger partial charge < -0.3 is 19.5 Å². The number of carbonyl (C=O) groups excluding carboxylic acids is 1. The summed E-state index contributed by atoms with van der Waals surface area (Å²) in [7, 11) is 4.66. The summed E-state index contributed by atoms with van der Waals surface area (Å²) in [6, 6.07) is 7.87. The zero-order valence-electron chi connectivity index (χ0n) is 15.3. The first-order valence-electron chi connectivity index (χ1n) is 8.11. The molecule has 0 aliphatic heterocycles. The zero-order chi connectivity index (χ0) is 19.1. The van der Waals surface area contributed by atoms with Crippen LogP contribution < -0.4 is 20.3 Å². The summed E-state index contributed by atoms with van der Waals surface area (Å²) in [5.41, 5.74) is 0.743. The van der Waals surface area contributed by atoms with E-state index >= 15 is 0 Å². The lowest BCUT2D eigenvalue weighted by molar-refractivity contribution is 0.0932. The van der Waals surface area contributed by atoms with Crippen LogP contribution >= 0.6 is 0 Å². The van der Waals surface area contributed by atoms with E-state index in [0.29, 0.717) is 24.7 Å². The third-order valence-electron chi connectivity index (χ3n) is 3.77. The zero-order valence-corrected chi connectivity index (χ0v) is 15.3. The minimum atomic E-state index is -0.368. The van der Waals surface area contributed by atoms with Crippen LogP contribution in [0.25, 0.3) is 0 Å². The molecule has 8 nitrogen and oxygen atoms in total. The fourth-order valence-corrected chi connectivity index (χ4v) is 2.29. The molecule has 0 saturated heterocycles. The molecule has 1 heterocycles. The maximum Gasteiger partial charge on any atom is 0.272 e. The van der Waals surface area contributed by atoms with Crippen LogP contribution in [-0.2, 0) is 11.8 Å². The molecule has 1 aromatic heterocycles. The molecule has 2 aromatic rings. The minimum absolute atomic E-state index is 0.172. The van der Waals surface area contributed by atoms with Crippen LogP contribution in [0.2, 0.25) is 0 Å². The smallest absolute Gasteiger partial charge is 0.272 e. The number of carbonyl (C=O) groups is 1. The van der Waals surface area contributed by atoms with Crippen LogP contribution in [0.15, 0.2) is 35.1 Å². The molecule has 140 valence electrons. The van der Waals surface area contributed by atoms with E-state index in [0.717, 1.165) is 10.2 Å². The van der Waals surface area contributed by atoms with Gasteiger partial charge in [0.05, 0.1) is 19.8 Å². The van der Waals surface area contributed by atoms with Gasteiger partial charge in [-0.15, -0.1) is 0 Å². The van der Waals surface area contributed by atoms with E-state index in [-0.39, 0.29) is 23.2 Å². The van der Waals surface area contributed by atoms with Crippen LogP contribution in [0, 0.1) is 0 Å². The minimum Gasteiger partial charge on any atom is -0.493 e. The molecule has 2 rings (SSSR count). The summed E-state index contributed by atoms with van der Waals surface area (Å²) in [5.74, 6) is 0.805. The first-order valence-corrected chi connectivity index (χ1v) is 8.11. The molecular formula is C18H23N3O5. The Morgan fingerprint density at radius 3 is 2.62 bits per heavy atom. The van der Waals surface area contributed by atoms with Crippen LogP contribution in [-0.4, -0.2) is 43.1 Å². The number of hydrogen-bond acceptors (Lipinski definition) is 6. The molecule has 0 spiro atoms. The highest BCUT2D eigenvalue weighted by atomic mass is 16.5. The fourth-order valence-electron chi connectivity index (χ4n) is 2.29. The Hall–Kier alpha value is -2.87. The van der Waals surface area contributed by atoms with Gasteiger partial charge in [-0.1, -0.05) is 6.07 Å². The standard InChI is InChI=1S/C18H23N3O5/c1-12(19-18(23)14-6-8-17(22)21(2)20-14)13-5-7-15(16(11-13)25-4)26-10-9-24-3/h5-8,11-12H,9-10H2,1-4H3,(H,19,23). The molecule has 8 heteroatoms. The number of nitrogens with one attached hydrogen (secondary N) is 1. The van der Waals surface area contributed by atoms with Crippen molar-refractivity contribution in [3.63, 3.8) is 0 Å². The van der Waals surface area contributed by atoms with Gasteiger partial charge in [0.2, 0.25) is 0 Å². The summed E-state index contributed by atoms with van der Waals surface area (Å²) in [5, 5.41) is 6.79. The SMILES string of the molecule is COCCOc1ccc(C(C)NC(=O)c2ccc(=O)n(C)n2)cc1OC. The third kappa shape index (κ3) is 4.82. The molecule has 0 radical (unpaired) electrons. The monoisotopic (exact) mass is 361 g/mol. The van der Waals surface area contributed by atoms with Gasteiger partial charge in [0.15, 0.2) is 11.5 Å².